The van der Waals surface area contributed by atoms with E-state index in [0.717, 1.165) is 23.3 Å². The SMILES string of the molecule is CC(Cc1cccc(C(F)(F)F)c1)NCCOC(=O)c1ccccc1.COc1c(CC=C(C)C)c2c(c3oc(=O)c(-c4ccc(O)cc4)c(O)c13)C=CC(C)(C)O2.Cl. The number of phenolic OH excluding ortho intramolecular Hbond substituents is 1. The van der Waals surface area contributed by atoms with Crippen molar-refractivity contribution in [3.63, 3.8) is 0 Å². The zero-order valence-corrected chi connectivity index (χ0v) is 33.8. The first-order chi connectivity index (χ1) is 27.0. The molecule has 0 bridgehead atoms. The van der Waals surface area contributed by atoms with Crippen molar-refractivity contribution in [2.24, 2.45) is 0 Å². The van der Waals surface area contributed by atoms with Gasteiger partial charge in [-0.05, 0) is 101 Å². The lowest BCUT2D eigenvalue weighted by Crippen LogP contribution is -2.31. The molecule has 4 aromatic carbocycles. The molecule has 0 spiro atoms. The van der Waals surface area contributed by atoms with Crippen LogP contribution in [0.1, 0.15) is 67.2 Å². The van der Waals surface area contributed by atoms with Crippen LogP contribution >= 0.6 is 12.4 Å². The number of rotatable bonds is 11. The summed E-state index contributed by atoms with van der Waals surface area (Å²) in [4.78, 5) is 24.7. The van der Waals surface area contributed by atoms with Gasteiger partial charge in [-0.25, -0.2) is 9.59 Å². The second kappa shape index (κ2) is 19.1. The van der Waals surface area contributed by atoms with E-state index in [1.165, 1.54) is 25.3 Å². The highest BCUT2D eigenvalue weighted by molar-refractivity contribution is 6.02. The van der Waals surface area contributed by atoms with E-state index in [4.69, 9.17) is 18.6 Å². The zero-order chi connectivity index (χ0) is 41.5. The molecule has 13 heteroatoms. The number of carbonyl (C=O) groups excluding carboxylic acids is 1. The van der Waals surface area contributed by atoms with Crippen molar-refractivity contribution in [2.45, 2.75) is 65.3 Å². The molecule has 58 heavy (non-hydrogen) atoms. The van der Waals surface area contributed by atoms with E-state index in [9.17, 15) is 33.0 Å². The van der Waals surface area contributed by atoms with Gasteiger partial charge in [0.25, 0.3) is 0 Å². The van der Waals surface area contributed by atoms with Gasteiger partial charge in [-0.3, -0.25) is 0 Å². The van der Waals surface area contributed by atoms with Gasteiger partial charge in [-0.1, -0.05) is 60.2 Å². The van der Waals surface area contributed by atoms with Crippen LogP contribution in [-0.2, 0) is 23.8 Å². The van der Waals surface area contributed by atoms with E-state index in [2.05, 4.69) is 11.4 Å². The van der Waals surface area contributed by atoms with Crippen molar-refractivity contribution < 1.29 is 46.8 Å². The number of methoxy groups -OCH3 is 1. The lowest BCUT2D eigenvalue weighted by Gasteiger charge is -2.31. The molecule has 0 saturated carbocycles. The Morgan fingerprint density at radius 3 is 2.33 bits per heavy atom. The second-order valence-corrected chi connectivity index (χ2v) is 14.4. The van der Waals surface area contributed by atoms with Gasteiger partial charge in [-0.15, -0.1) is 12.4 Å². The van der Waals surface area contributed by atoms with Crippen LogP contribution in [0.15, 0.2) is 106 Å². The third-order valence-electron chi connectivity index (χ3n) is 9.09. The number of hydrogen-bond acceptors (Lipinski definition) is 9. The number of hydrogen-bond donors (Lipinski definition) is 3. The van der Waals surface area contributed by atoms with Gasteiger partial charge < -0.3 is 34.2 Å². The van der Waals surface area contributed by atoms with Crippen molar-refractivity contribution in [1.29, 1.82) is 0 Å². The van der Waals surface area contributed by atoms with E-state index in [-0.39, 0.29) is 47.7 Å². The van der Waals surface area contributed by atoms with Crippen LogP contribution in [0, 0.1) is 0 Å². The van der Waals surface area contributed by atoms with E-state index in [0.29, 0.717) is 58.5 Å². The van der Waals surface area contributed by atoms with E-state index in [1.807, 2.05) is 52.8 Å². The maximum absolute atomic E-state index is 12.9. The van der Waals surface area contributed by atoms with Gasteiger partial charge in [0.2, 0.25) is 0 Å². The predicted molar refractivity (Wildman–Crippen MR) is 221 cm³/mol. The van der Waals surface area contributed by atoms with Gasteiger partial charge in [0.05, 0.1) is 23.8 Å². The van der Waals surface area contributed by atoms with Crippen LogP contribution in [0.4, 0.5) is 13.2 Å². The third-order valence-corrected chi connectivity index (χ3v) is 9.09. The maximum Gasteiger partial charge on any atom is 0.416 e. The van der Waals surface area contributed by atoms with E-state index in [1.54, 1.807) is 42.5 Å². The summed E-state index contributed by atoms with van der Waals surface area (Å²) in [5.74, 6) is 0.382. The molecule has 1 atom stereocenters. The summed E-state index contributed by atoms with van der Waals surface area (Å²) in [6.07, 6.45) is 2.43. The molecule has 9 nitrogen and oxygen atoms in total. The molecule has 0 aliphatic carbocycles. The molecule has 6 rings (SSSR count). The van der Waals surface area contributed by atoms with Crippen LogP contribution in [0.3, 0.4) is 0 Å². The largest absolute Gasteiger partial charge is 0.508 e. The molecule has 0 amide bonds. The average Bonchev–Trinajstić information content (AvgIpc) is 3.16. The maximum atomic E-state index is 12.9. The number of allylic oxidation sites excluding steroid dienone is 2. The van der Waals surface area contributed by atoms with Gasteiger partial charge in [0.1, 0.15) is 46.2 Å². The van der Waals surface area contributed by atoms with Crippen LogP contribution in [0.5, 0.6) is 23.0 Å². The molecule has 308 valence electrons. The predicted octanol–water partition coefficient (Wildman–Crippen LogP) is 10.1. The van der Waals surface area contributed by atoms with Crippen molar-refractivity contribution in [3.05, 3.63) is 135 Å². The smallest absolute Gasteiger partial charge is 0.416 e. The molecule has 1 aromatic heterocycles. The number of nitrogens with one attached hydrogen (secondary N) is 1. The first-order valence-electron chi connectivity index (χ1n) is 18.3. The lowest BCUT2D eigenvalue weighted by atomic mass is 9.93. The fourth-order valence-corrected chi connectivity index (χ4v) is 6.30. The van der Waals surface area contributed by atoms with Gasteiger partial charge in [0.15, 0.2) is 5.58 Å². The fraction of sp³-hybridized carbons (Fsp3) is 0.289. The van der Waals surface area contributed by atoms with E-state index >= 15 is 0 Å². The van der Waals surface area contributed by atoms with Crippen molar-refractivity contribution in [1.82, 2.24) is 5.32 Å². The second-order valence-electron chi connectivity index (χ2n) is 14.4. The monoisotopic (exact) mass is 821 g/mol. The Morgan fingerprint density at radius 1 is 1.00 bits per heavy atom. The van der Waals surface area contributed by atoms with Gasteiger partial charge in [-0.2, -0.15) is 13.2 Å². The number of benzene rings is 4. The summed E-state index contributed by atoms with van der Waals surface area (Å²) in [5, 5.41) is 24.3. The third kappa shape index (κ3) is 11.0. The zero-order valence-electron chi connectivity index (χ0n) is 33.0. The first kappa shape index (κ1) is 45.0. The molecule has 1 aliphatic rings. The Kier molecular flexibility index (Phi) is 14.9. The Hall–Kier alpha value is -5.72. The fourth-order valence-electron chi connectivity index (χ4n) is 6.30. The topological polar surface area (TPSA) is 127 Å². The standard InChI is InChI=1S/C26H26O6.C19H20F3NO2.ClH/c1-14(2)6-11-17-22-18(12-13-26(3,4)32-22)24-20(23(17)30-5)21(28)19(25(29)31-24)15-7-9-16(27)10-8-15;1-14(12-15-6-5-9-17(13-15)19(20,21)22)23-10-11-25-18(24)16-7-3-2-4-8-16;/h6-10,12-13,27-28H,11H2,1-5H3;2-9,13-14,23H,10-12H2,1H3;1H. The van der Waals surface area contributed by atoms with Crippen LogP contribution in [0.2, 0.25) is 0 Å². The normalized spacial score (nSPS) is 13.2. The number of ether oxygens (including phenoxy) is 3. The minimum absolute atomic E-state index is 0. The summed E-state index contributed by atoms with van der Waals surface area (Å²) in [5.41, 5.74) is 2.30. The van der Waals surface area contributed by atoms with Gasteiger partial charge in [0, 0.05) is 18.2 Å². The van der Waals surface area contributed by atoms with E-state index < -0.39 is 28.9 Å². The molecule has 0 fully saturated rings. The number of aromatic hydroxyl groups is 2. The quantitative estimate of drug-likeness (QED) is 0.0516. The highest BCUT2D eigenvalue weighted by Gasteiger charge is 2.33. The van der Waals surface area contributed by atoms with Crippen molar-refractivity contribution >= 4 is 35.4 Å². The van der Waals surface area contributed by atoms with Gasteiger partial charge >= 0.3 is 17.8 Å². The minimum Gasteiger partial charge on any atom is -0.508 e. The molecule has 2 heterocycles. The number of carbonyl (C=O) groups is 1. The molecule has 3 N–H and O–H groups in total. The Morgan fingerprint density at radius 2 is 1.69 bits per heavy atom. The summed E-state index contributed by atoms with van der Waals surface area (Å²) in [7, 11) is 1.52. The molecule has 0 saturated heterocycles. The number of phenols is 1. The summed E-state index contributed by atoms with van der Waals surface area (Å²) in [6, 6.07) is 19.9. The molecule has 1 unspecified atom stereocenters. The Bertz CT molecular complexity index is 2330. The summed E-state index contributed by atoms with van der Waals surface area (Å²) < 4.78 is 61.0. The van der Waals surface area contributed by atoms with Crippen LogP contribution in [-0.4, -0.2) is 48.1 Å². The number of alkyl halides is 3. The highest BCUT2D eigenvalue weighted by Crippen LogP contribution is 2.49. The first-order valence-corrected chi connectivity index (χ1v) is 18.3. The average molecular weight is 822 g/mol. The van der Waals surface area contributed by atoms with Crippen molar-refractivity contribution in [2.75, 3.05) is 20.3 Å². The van der Waals surface area contributed by atoms with Crippen LogP contribution < -0.4 is 20.4 Å². The number of halogens is 4. The Balaban J connectivity index is 0.000000260. The summed E-state index contributed by atoms with van der Waals surface area (Å²) >= 11 is 0. The molecule has 1 aliphatic heterocycles. The Labute approximate surface area is 341 Å². The number of fused-ring (bicyclic) bond motifs is 3. The van der Waals surface area contributed by atoms with Crippen molar-refractivity contribution in [3.8, 4) is 34.1 Å². The number of esters is 1. The highest BCUT2D eigenvalue weighted by atomic mass is 35.5. The minimum atomic E-state index is -4.34. The summed E-state index contributed by atoms with van der Waals surface area (Å²) in [6.45, 7) is 10.4. The lowest BCUT2D eigenvalue weighted by molar-refractivity contribution is -0.137. The molecule has 0 radical (unpaired) electrons. The molecular formula is C45H47ClF3NO8. The molecule has 5 aromatic rings. The molecular weight excluding hydrogens is 775 g/mol. The van der Waals surface area contributed by atoms with Crippen LogP contribution in [0.25, 0.3) is 28.2 Å².